The molecule has 0 aliphatic carbocycles. The summed E-state index contributed by atoms with van der Waals surface area (Å²) in [6.45, 7) is 1.17. The molecule has 2 aromatic carbocycles. The maximum atomic E-state index is 12.5. The van der Waals surface area contributed by atoms with Gasteiger partial charge in [-0.15, -0.1) is 0 Å². The quantitative estimate of drug-likeness (QED) is 0.494. The van der Waals surface area contributed by atoms with Crippen LogP contribution in [0.15, 0.2) is 36.4 Å². The second-order valence-electron chi connectivity index (χ2n) is 5.11. The smallest absolute Gasteiger partial charge is 0.353 e. The Labute approximate surface area is 131 Å². The maximum absolute atomic E-state index is 12.5. The second kappa shape index (κ2) is 5.31. The highest BCUT2D eigenvalue weighted by Crippen LogP contribution is 2.39. The molecule has 1 aliphatic rings. The maximum Gasteiger partial charge on any atom is 0.356 e. The Morgan fingerprint density at radius 1 is 1.00 bits per heavy atom. The third-order valence-electron chi connectivity index (χ3n) is 3.52. The lowest BCUT2D eigenvalue weighted by Gasteiger charge is -2.15. The number of amides is 1. The Hall–Kier alpha value is -2.47. The molecule has 4 N–H and O–H groups in total. The largest absolute Gasteiger partial charge is 0.356 e. The molecule has 7 nitrogen and oxygen atoms in total. The number of ketones is 1. The number of carbonyl (C=O) groups excluding carboxylic acids is 2. The highest BCUT2D eigenvalue weighted by Gasteiger charge is 2.31. The van der Waals surface area contributed by atoms with E-state index in [0.29, 0.717) is 17.1 Å². The van der Waals surface area contributed by atoms with Gasteiger partial charge < -0.3 is 20.4 Å². The lowest BCUT2D eigenvalue weighted by molar-refractivity contribution is 0.0987. The van der Waals surface area contributed by atoms with Gasteiger partial charge in [0.2, 0.25) is 0 Å². The molecule has 2 aromatic rings. The summed E-state index contributed by atoms with van der Waals surface area (Å²) in [5, 5.41) is 5.21. The van der Waals surface area contributed by atoms with Crippen LogP contribution in [0.5, 0.6) is 0 Å². The van der Waals surface area contributed by atoms with E-state index in [2.05, 4.69) is 10.6 Å². The highest BCUT2D eigenvalue weighted by atomic mass is 31.2. The molecule has 0 aromatic heterocycles. The molecular formula is C15H13N2O5P. The number of rotatable bonds is 2. The van der Waals surface area contributed by atoms with Crippen LogP contribution in [0.1, 0.15) is 27.6 Å². The predicted molar refractivity (Wildman–Crippen MR) is 85.8 cm³/mol. The summed E-state index contributed by atoms with van der Waals surface area (Å²) < 4.78 is 11.6. The van der Waals surface area contributed by atoms with Crippen LogP contribution >= 0.6 is 7.60 Å². The van der Waals surface area contributed by atoms with E-state index in [-0.39, 0.29) is 11.1 Å². The first-order valence-electron chi connectivity index (χ1n) is 6.70. The van der Waals surface area contributed by atoms with Gasteiger partial charge in [0.1, 0.15) is 0 Å². The van der Waals surface area contributed by atoms with Crippen LogP contribution in [-0.4, -0.2) is 21.5 Å². The molecule has 0 unspecified atom stereocenters. The van der Waals surface area contributed by atoms with Crippen molar-refractivity contribution in [3.8, 4) is 0 Å². The first-order valence-corrected chi connectivity index (χ1v) is 8.31. The molecule has 1 amide bonds. The average molecular weight is 332 g/mol. The number of fused-ring (bicyclic) bond motifs is 2. The van der Waals surface area contributed by atoms with E-state index in [0.717, 1.165) is 0 Å². The number of hydrogen-bond acceptors (Lipinski definition) is 4. The summed E-state index contributed by atoms with van der Waals surface area (Å²) in [6.07, 6.45) is 0. The Morgan fingerprint density at radius 3 is 2.17 bits per heavy atom. The fourth-order valence-electron chi connectivity index (χ4n) is 2.56. The highest BCUT2D eigenvalue weighted by molar-refractivity contribution is 7.60. The van der Waals surface area contributed by atoms with Crippen molar-refractivity contribution >= 4 is 41.7 Å². The van der Waals surface area contributed by atoms with E-state index in [1.807, 2.05) is 0 Å². The number of benzene rings is 2. The van der Waals surface area contributed by atoms with Crippen molar-refractivity contribution in [2.75, 3.05) is 10.6 Å². The zero-order valence-electron chi connectivity index (χ0n) is 12.0. The third kappa shape index (κ3) is 2.66. The van der Waals surface area contributed by atoms with Gasteiger partial charge >= 0.3 is 7.60 Å². The van der Waals surface area contributed by atoms with Crippen LogP contribution in [0.3, 0.4) is 0 Å². The molecule has 0 saturated carbocycles. The van der Waals surface area contributed by atoms with Gasteiger partial charge in [0.15, 0.2) is 5.78 Å². The topological polar surface area (TPSA) is 116 Å². The Bertz CT molecular complexity index is 887. The SMILES string of the molecule is CC(=O)c1c(P(=O)(O)O)ccc2c1C(=O)Nc1ccccc1N2. The molecule has 0 radical (unpaired) electrons. The van der Waals surface area contributed by atoms with Crippen LogP contribution in [0, 0.1) is 0 Å². The van der Waals surface area contributed by atoms with Crippen molar-refractivity contribution in [3.63, 3.8) is 0 Å². The van der Waals surface area contributed by atoms with E-state index in [9.17, 15) is 23.9 Å². The molecule has 0 spiro atoms. The Morgan fingerprint density at radius 2 is 1.61 bits per heavy atom. The number of carbonyl (C=O) groups is 2. The Balaban J connectivity index is 2.30. The summed E-state index contributed by atoms with van der Waals surface area (Å²) in [7, 11) is -4.70. The third-order valence-corrected chi connectivity index (χ3v) is 4.52. The van der Waals surface area contributed by atoms with Gasteiger partial charge in [-0.1, -0.05) is 12.1 Å². The fourth-order valence-corrected chi connectivity index (χ4v) is 3.39. The molecule has 0 bridgehead atoms. The summed E-state index contributed by atoms with van der Waals surface area (Å²) in [6, 6.07) is 9.50. The van der Waals surface area contributed by atoms with Gasteiger partial charge in [-0.05, 0) is 31.2 Å². The zero-order chi connectivity index (χ0) is 16.8. The molecule has 0 fully saturated rings. The second-order valence-corrected chi connectivity index (χ2v) is 6.68. The minimum absolute atomic E-state index is 0.0745. The van der Waals surface area contributed by atoms with Gasteiger partial charge in [-0.3, -0.25) is 14.2 Å². The van der Waals surface area contributed by atoms with Gasteiger partial charge in [-0.2, -0.15) is 0 Å². The molecule has 0 atom stereocenters. The van der Waals surface area contributed by atoms with Crippen LogP contribution in [0.2, 0.25) is 0 Å². The number of anilines is 3. The monoisotopic (exact) mass is 332 g/mol. The van der Waals surface area contributed by atoms with Crippen LogP contribution in [0.4, 0.5) is 17.1 Å². The average Bonchev–Trinajstić information content (AvgIpc) is 2.61. The molecule has 3 rings (SSSR count). The fraction of sp³-hybridized carbons (Fsp3) is 0.0667. The van der Waals surface area contributed by atoms with Crippen molar-refractivity contribution in [3.05, 3.63) is 47.5 Å². The predicted octanol–water partition coefficient (Wildman–Crippen LogP) is 2.00. The molecule has 8 heteroatoms. The number of nitrogens with one attached hydrogen (secondary N) is 2. The van der Waals surface area contributed by atoms with E-state index in [1.165, 1.54) is 19.1 Å². The lowest BCUT2D eigenvalue weighted by Crippen LogP contribution is -2.23. The van der Waals surface area contributed by atoms with Crippen LogP contribution < -0.4 is 15.9 Å². The molecule has 0 saturated heterocycles. The summed E-state index contributed by atoms with van der Waals surface area (Å²) in [5.74, 6) is -1.19. The van der Waals surface area contributed by atoms with Crippen LogP contribution in [0.25, 0.3) is 0 Å². The number of Topliss-reactive ketones (excluding diaryl/α,β-unsaturated/α-hetero) is 1. The lowest BCUT2D eigenvalue weighted by atomic mass is 10.0. The normalized spacial score (nSPS) is 13.3. The summed E-state index contributed by atoms with van der Waals surface area (Å²) >= 11 is 0. The van der Waals surface area contributed by atoms with Crippen molar-refractivity contribution in [2.45, 2.75) is 6.92 Å². The van der Waals surface area contributed by atoms with Crippen molar-refractivity contribution < 1.29 is 23.9 Å². The zero-order valence-corrected chi connectivity index (χ0v) is 12.9. The van der Waals surface area contributed by atoms with Crippen LogP contribution in [-0.2, 0) is 4.57 Å². The molecule has 1 aliphatic heterocycles. The molecule has 1 heterocycles. The van der Waals surface area contributed by atoms with Crippen molar-refractivity contribution in [1.29, 1.82) is 0 Å². The van der Waals surface area contributed by atoms with Gasteiger partial charge in [0, 0.05) is 5.56 Å². The summed E-state index contributed by atoms with van der Waals surface area (Å²) in [4.78, 5) is 43.4. The molecule has 23 heavy (non-hydrogen) atoms. The minimum Gasteiger partial charge on any atom is -0.353 e. The van der Waals surface area contributed by atoms with Gasteiger partial charge in [0.25, 0.3) is 5.91 Å². The van der Waals surface area contributed by atoms with E-state index in [4.69, 9.17) is 0 Å². The minimum atomic E-state index is -4.70. The standard InChI is InChI=1S/C15H13N2O5P/c1-8(18)13-12(23(20,21)22)7-6-11-14(13)15(19)17-10-5-3-2-4-9(10)16-11/h2-7,16H,1H3,(H,17,19)(H2,20,21,22). The van der Waals surface area contributed by atoms with Gasteiger partial charge in [-0.25, -0.2) is 0 Å². The Kier molecular flexibility index (Phi) is 3.56. The number of hydrogen-bond donors (Lipinski definition) is 4. The molecular weight excluding hydrogens is 319 g/mol. The van der Waals surface area contributed by atoms with E-state index < -0.39 is 24.6 Å². The van der Waals surface area contributed by atoms with Crippen molar-refractivity contribution in [1.82, 2.24) is 0 Å². The van der Waals surface area contributed by atoms with Crippen molar-refractivity contribution in [2.24, 2.45) is 0 Å². The van der Waals surface area contributed by atoms with Gasteiger partial charge in [0.05, 0.1) is 27.9 Å². The first kappa shape index (κ1) is 15.4. The molecule has 118 valence electrons. The summed E-state index contributed by atoms with van der Waals surface area (Å²) in [5.41, 5.74) is 1.11. The van der Waals surface area contributed by atoms with E-state index in [1.54, 1.807) is 24.3 Å². The number of para-hydroxylation sites is 2. The first-order chi connectivity index (χ1) is 10.8. The van der Waals surface area contributed by atoms with E-state index >= 15 is 0 Å².